The molecule has 1 aliphatic heterocycles. The molecule has 0 bridgehead atoms. The van der Waals surface area contributed by atoms with Gasteiger partial charge in [-0.3, -0.25) is 9.59 Å². The number of ether oxygens (including phenoxy) is 1. The minimum absolute atomic E-state index is 0.0456. The van der Waals surface area contributed by atoms with E-state index in [0.29, 0.717) is 13.1 Å². The summed E-state index contributed by atoms with van der Waals surface area (Å²) < 4.78 is 33.8. The van der Waals surface area contributed by atoms with Gasteiger partial charge in [-0.25, -0.2) is 8.78 Å². The van der Waals surface area contributed by atoms with Crippen LogP contribution in [0.15, 0.2) is 53.5 Å². The Morgan fingerprint density at radius 3 is 2.57 bits per heavy atom. The molecule has 0 spiro atoms. The summed E-state index contributed by atoms with van der Waals surface area (Å²) in [6.45, 7) is 4.19. The summed E-state index contributed by atoms with van der Waals surface area (Å²) in [4.78, 5) is 26.9. The second kappa shape index (κ2) is 9.79. The summed E-state index contributed by atoms with van der Waals surface area (Å²) in [5.74, 6) is -1.45. The number of nitrogens with zero attached hydrogens (tertiary/aromatic N) is 2. The molecule has 2 aromatic carbocycles. The number of carbonyl (C=O) groups is 1. The van der Waals surface area contributed by atoms with Gasteiger partial charge in [0, 0.05) is 30.9 Å². The van der Waals surface area contributed by atoms with Crippen LogP contribution in [0.4, 0.5) is 8.78 Å². The van der Waals surface area contributed by atoms with Gasteiger partial charge in [0.25, 0.3) is 5.56 Å². The van der Waals surface area contributed by atoms with E-state index in [1.807, 2.05) is 18.2 Å². The third-order valence-electron chi connectivity index (χ3n) is 5.75. The predicted octanol–water partition coefficient (Wildman–Crippen LogP) is 4.41. The monoisotopic (exact) mass is 502 g/mol. The number of aromatic nitrogens is 1. The van der Waals surface area contributed by atoms with Crippen molar-refractivity contribution in [2.75, 3.05) is 0 Å². The number of rotatable bonds is 7. The molecule has 0 aliphatic carbocycles. The molecule has 4 rings (SSSR count). The lowest BCUT2D eigenvalue weighted by molar-refractivity contribution is -0.135. The van der Waals surface area contributed by atoms with Crippen LogP contribution in [0.3, 0.4) is 0 Å². The van der Waals surface area contributed by atoms with E-state index < -0.39 is 22.8 Å². The Kier molecular flexibility index (Phi) is 6.96. The Morgan fingerprint density at radius 1 is 1.11 bits per heavy atom. The molecular weight excluding hydrogens is 478 g/mol. The minimum Gasteiger partial charge on any atom is -0.487 e. The summed E-state index contributed by atoms with van der Waals surface area (Å²) in [5, 5.41) is 9.79. The fraction of sp³-hybridized carbons (Fsp3) is 0.308. The van der Waals surface area contributed by atoms with Gasteiger partial charge in [0.2, 0.25) is 5.91 Å². The molecule has 1 aliphatic rings. The highest BCUT2D eigenvalue weighted by molar-refractivity contribution is 6.31. The number of carbonyl (C=O) groups excluding carboxylic acids is 1. The molecular formula is C26H25ClF2N2O4. The Bertz CT molecular complexity index is 1330. The van der Waals surface area contributed by atoms with Crippen molar-refractivity contribution in [2.24, 2.45) is 0 Å². The van der Waals surface area contributed by atoms with Crippen molar-refractivity contribution in [1.29, 1.82) is 0 Å². The predicted molar refractivity (Wildman–Crippen MR) is 127 cm³/mol. The van der Waals surface area contributed by atoms with Crippen LogP contribution in [0.2, 0.25) is 5.02 Å². The van der Waals surface area contributed by atoms with E-state index in [0.717, 1.165) is 28.8 Å². The van der Waals surface area contributed by atoms with Gasteiger partial charge < -0.3 is 19.3 Å². The third-order valence-corrected chi connectivity index (χ3v) is 6.10. The average Bonchev–Trinajstić information content (AvgIpc) is 3.20. The number of amides is 1. The molecule has 2 heterocycles. The summed E-state index contributed by atoms with van der Waals surface area (Å²) >= 11 is 6.22. The van der Waals surface area contributed by atoms with E-state index in [-0.39, 0.29) is 41.8 Å². The van der Waals surface area contributed by atoms with Crippen LogP contribution in [0.25, 0.3) is 0 Å². The van der Waals surface area contributed by atoms with Crippen molar-refractivity contribution >= 4 is 17.5 Å². The van der Waals surface area contributed by atoms with Crippen molar-refractivity contribution in [3.8, 4) is 5.75 Å². The molecule has 1 N–H and O–H groups in total. The number of pyridine rings is 1. The van der Waals surface area contributed by atoms with Gasteiger partial charge in [0.15, 0.2) is 0 Å². The van der Waals surface area contributed by atoms with Crippen LogP contribution in [0.5, 0.6) is 5.75 Å². The Morgan fingerprint density at radius 2 is 1.86 bits per heavy atom. The van der Waals surface area contributed by atoms with E-state index >= 15 is 0 Å². The molecule has 0 saturated carbocycles. The number of hydrogen-bond donors (Lipinski definition) is 1. The quantitative estimate of drug-likeness (QED) is 0.519. The Hall–Kier alpha value is -3.23. The van der Waals surface area contributed by atoms with E-state index in [1.165, 1.54) is 22.9 Å². The molecule has 1 aromatic heterocycles. The highest BCUT2D eigenvalue weighted by atomic mass is 35.5. The van der Waals surface area contributed by atoms with Gasteiger partial charge in [-0.2, -0.15) is 0 Å². The molecule has 1 amide bonds. The number of halogens is 3. The van der Waals surface area contributed by atoms with Crippen molar-refractivity contribution in [2.45, 2.75) is 52.1 Å². The number of aliphatic hydroxyl groups is 1. The lowest BCUT2D eigenvalue weighted by Crippen LogP contribution is -2.33. The normalized spacial score (nSPS) is 13.1. The molecule has 0 unspecified atom stereocenters. The largest absolute Gasteiger partial charge is 0.487 e. The summed E-state index contributed by atoms with van der Waals surface area (Å²) in [6, 6.07) is 10.5. The molecule has 0 radical (unpaired) electrons. The van der Waals surface area contributed by atoms with Crippen molar-refractivity contribution in [1.82, 2.24) is 9.47 Å². The van der Waals surface area contributed by atoms with Crippen LogP contribution in [0, 0.1) is 11.6 Å². The van der Waals surface area contributed by atoms with E-state index in [1.54, 1.807) is 18.7 Å². The van der Waals surface area contributed by atoms with Crippen molar-refractivity contribution < 1.29 is 23.4 Å². The van der Waals surface area contributed by atoms with Crippen LogP contribution in [-0.2, 0) is 31.0 Å². The first-order valence-corrected chi connectivity index (χ1v) is 11.4. The van der Waals surface area contributed by atoms with E-state index in [9.17, 15) is 23.5 Å². The topological polar surface area (TPSA) is 71.8 Å². The van der Waals surface area contributed by atoms with Gasteiger partial charge in [-0.15, -0.1) is 0 Å². The van der Waals surface area contributed by atoms with Crippen LogP contribution < -0.4 is 10.3 Å². The van der Waals surface area contributed by atoms with Crippen molar-refractivity contribution in [3.63, 3.8) is 0 Å². The highest BCUT2D eigenvalue weighted by Crippen LogP contribution is 2.27. The van der Waals surface area contributed by atoms with Crippen molar-refractivity contribution in [3.05, 3.63) is 97.9 Å². The van der Waals surface area contributed by atoms with E-state index in [4.69, 9.17) is 16.3 Å². The lowest BCUT2D eigenvalue weighted by atomic mass is 10.1. The van der Waals surface area contributed by atoms with Crippen LogP contribution in [0.1, 0.15) is 42.5 Å². The smallest absolute Gasteiger partial charge is 0.273 e. The lowest BCUT2D eigenvalue weighted by Gasteiger charge is -2.21. The average molecular weight is 503 g/mol. The second-order valence-corrected chi connectivity index (χ2v) is 9.67. The third kappa shape index (κ3) is 5.89. The van der Waals surface area contributed by atoms with E-state index in [2.05, 4.69) is 0 Å². The fourth-order valence-electron chi connectivity index (χ4n) is 3.96. The SMILES string of the molecule is CC(C)(O)CC(=O)N1Cc2ccc(Cn3ccc(OCc4ccc(F)cc4F)c(Cl)c3=O)cc2C1. The highest BCUT2D eigenvalue weighted by Gasteiger charge is 2.27. The molecule has 9 heteroatoms. The molecule has 0 atom stereocenters. The standard InChI is InChI=1S/C26H25ClF2N2O4/c1-26(2,34)11-23(32)31-13-17-4-3-16(9-19(17)14-31)12-30-8-7-22(24(27)25(30)33)35-15-18-5-6-20(28)10-21(18)29/h3-10,34H,11-15H2,1-2H3. The summed E-state index contributed by atoms with van der Waals surface area (Å²) in [7, 11) is 0. The fourth-order valence-corrected chi connectivity index (χ4v) is 4.19. The first-order valence-electron chi connectivity index (χ1n) is 11.1. The van der Waals surface area contributed by atoms with Gasteiger partial charge in [-0.05, 0) is 48.7 Å². The first kappa shape index (κ1) is 24.9. The molecule has 0 fully saturated rings. The van der Waals surface area contributed by atoms with Crippen LogP contribution >= 0.6 is 11.6 Å². The zero-order valence-corrected chi connectivity index (χ0v) is 20.1. The molecule has 6 nitrogen and oxygen atoms in total. The molecule has 35 heavy (non-hydrogen) atoms. The Balaban J connectivity index is 1.44. The Labute approximate surface area is 206 Å². The number of hydrogen-bond acceptors (Lipinski definition) is 4. The minimum atomic E-state index is -1.07. The maximum absolute atomic E-state index is 13.8. The molecule has 0 saturated heterocycles. The number of benzene rings is 2. The maximum Gasteiger partial charge on any atom is 0.273 e. The summed E-state index contributed by atoms with van der Waals surface area (Å²) in [6.07, 6.45) is 1.58. The second-order valence-electron chi connectivity index (χ2n) is 9.29. The summed E-state index contributed by atoms with van der Waals surface area (Å²) in [5.41, 5.74) is 1.49. The van der Waals surface area contributed by atoms with Gasteiger partial charge in [0.05, 0.1) is 18.6 Å². The first-order chi connectivity index (χ1) is 16.5. The van der Waals surface area contributed by atoms with Gasteiger partial charge in [-0.1, -0.05) is 29.8 Å². The zero-order chi connectivity index (χ0) is 25.3. The number of fused-ring (bicyclic) bond motifs is 1. The maximum atomic E-state index is 13.8. The molecule has 184 valence electrons. The zero-order valence-electron chi connectivity index (χ0n) is 19.4. The van der Waals surface area contributed by atoms with Crippen LogP contribution in [-0.4, -0.2) is 26.1 Å². The van der Waals surface area contributed by atoms with Gasteiger partial charge in [0.1, 0.15) is 29.0 Å². The van der Waals surface area contributed by atoms with Gasteiger partial charge >= 0.3 is 0 Å². The molecule has 3 aromatic rings.